The van der Waals surface area contributed by atoms with E-state index in [4.69, 9.17) is 4.98 Å². The van der Waals surface area contributed by atoms with Crippen LogP contribution in [-0.4, -0.2) is 18.1 Å². The molecule has 2 aliphatic carbocycles. The van der Waals surface area contributed by atoms with Crippen LogP contribution < -0.4 is 5.32 Å². The normalized spacial score (nSPS) is 30.2. The minimum Gasteiger partial charge on any atom is -0.317 e. The molecule has 0 radical (unpaired) electrons. The number of nitrogens with zero attached hydrogens (tertiary/aromatic N) is 1. The summed E-state index contributed by atoms with van der Waals surface area (Å²) in [5, 5.41) is 7.15. The highest BCUT2D eigenvalue weighted by molar-refractivity contribution is 7.09. The van der Waals surface area contributed by atoms with Crippen molar-refractivity contribution in [2.75, 3.05) is 7.05 Å². The van der Waals surface area contributed by atoms with Gasteiger partial charge in [-0.15, -0.1) is 11.3 Å². The fourth-order valence-corrected chi connectivity index (χ4v) is 4.08. The lowest BCUT2D eigenvalue weighted by atomic mass is 9.84. The molecule has 3 heteroatoms. The van der Waals surface area contributed by atoms with Gasteiger partial charge in [-0.05, 0) is 45.6 Å². The van der Waals surface area contributed by atoms with Crippen LogP contribution in [0.15, 0.2) is 5.38 Å². The molecular weight excluding hydrogens is 228 g/mol. The van der Waals surface area contributed by atoms with E-state index in [9.17, 15) is 0 Å². The summed E-state index contributed by atoms with van der Waals surface area (Å²) in [5.41, 5.74) is 1.39. The van der Waals surface area contributed by atoms with Gasteiger partial charge in [0.2, 0.25) is 0 Å². The lowest BCUT2D eigenvalue weighted by molar-refractivity contribution is 0.354. The summed E-state index contributed by atoms with van der Waals surface area (Å²) < 4.78 is 0. The van der Waals surface area contributed by atoms with E-state index in [0.29, 0.717) is 0 Å². The zero-order chi connectivity index (χ0) is 11.7. The van der Waals surface area contributed by atoms with Crippen LogP contribution in [0, 0.1) is 0 Å². The molecule has 0 aliphatic heterocycles. The molecule has 2 fully saturated rings. The molecule has 0 unspecified atom stereocenters. The highest BCUT2D eigenvalue weighted by Crippen LogP contribution is 2.40. The molecule has 1 aromatic heterocycles. The van der Waals surface area contributed by atoms with Crippen LogP contribution in [-0.2, 0) is 0 Å². The molecule has 0 saturated heterocycles. The maximum atomic E-state index is 4.90. The topological polar surface area (TPSA) is 24.9 Å². The molecule has 0 spiro atoms. The first-order valence-corrected chi connectivity index (χ1v) is 7.87. The van der Waals surface area contributed by atoms with E-state index in [-0.39, 0.29) is 0 Å². The molecule has 0 atom stereocenters. The first-order valence-electron chi connectivity index (χ1n) is 6.99. The van der Waals surface area contributed by atoms with Crippen LogP contribution >= 0.6 is 11.3 Å². The molecule has 2 nitrogen and oxygen atoms in total. The van der Waals surface area contributed by atoms with Crippen molar-refractivity contribution in [1.82, 2.24) is 10.3 Å². The maximum absolute atomic E-state index is 4.90. The van der Waals surface area contributed by atoms with Crippen LogP contribution in [0.5, 0.6) is 0 Å². The minimum atomic E-state index is 0.740. The highest BCUT2D eigenvalue weighted by Gasteiger charge is 2.26. The van der Waals surface area contributed by atoms with Crippen molar-refractivity contribution in [3.63, 3.8) is 0 Å². The second-order valence-corrected chi connectivity index (χ2v) is 6.47. The molecule has 1 heterocycles. The number of hydrogen-bond donors (Lipinski definition) is 1. The summed E-state index contributed by atoms with van der Waals surface area (Å²) >= 11 is 1.91. The summed E-state index contributed by atoms with van der Waals surface area (Å²) in [6.45, 7) is 0. The molecule has 0 amide bonds. The quantitative estimate of drug-likeness (QED) is 0.885. The predicted molar refractivity (Wildman–Crippen MR) is 72.8 cm³/mol. The zero-order valence-corrected chi connectivity index (χ0v) is 11.4. The Kier molecular flexibility index (Phi) is 3.48. The van der Waals surface area contributed by atoms with E-state index in [2.05, 4.69) is 17.7 Å². The van der Waals surface area contributed by atoms with Crippen molar-refractivity contribution in [2.45, 2.75) is 62.8 Å². The minimum absolute atomic E-state index is 0.740. The van der Waals surface area contributed by atoms with Gasteiger partial charge in [0.05, 0.1) is 10.7 Å². The number of thiazole rings is 1. The fraction of sp³-hybridized carbons (Fsp3) is 0.786. The van der Waals surface area contributed by atoms with Crippen molar-refractivity contribution in [1.29, 1.82) is 0 Å². The van der Waals surface area contributed by atoms with Crippen molar-refractivity contribution in [2.24, 2.45) is 0 Å². The number of rotatable bonds is 3. The molecule has 1 aromatic rings. The third kappa shape index (κ3) is 2.41. The Morgan fingerprint density at radius 1 is 1.12 bits per heavy atom. The van der Waals surface area contributed by atoms with E-state index in [0.717, 1.165) is 17.9 Å². The largest absolute Gasteiger partial charge is 0.317 e. The van der Waals surface area contributed by atoms with Gasteiger partial charge in [0.1, 0.15) is 0 Å². The SMILES string of the molecule is CNC1CCC(c2csc(C3CCC3)n2)CC1. The Morgan fingerprint density at radius 2 is 1.88 bits per heavy atom. The second kappa shape index (κ2) is 5.07. The van der Waals surface area contributed by atoms with Gasteiger partial charge in [-0.25, -0.2) is 4.98 Å². The van der Waals surface area contributed by atoms with Crippen molar-refractivity contribution in [3.05, 3.63) is 16.1 Å². The molecule has 2 aliphatic rings. The fourth-order valence-electron chi connectivity index (χ4n) is 3.01. The lowest BCUT2D eigenvalue weighted by Crippen LogP contribution is -2.29. The van der Waals surface area contributed by atoms with E-state index in [1.165, 1.54) is 55.6 Å². The molecule has 2 saturated carbocycles. The third-order valence-corrected chi connectivity index (χ3v) is 5.57. The molecule has 1 N–H and O–H groups in total. The van der Waals surface area contributed by atoms with Gasteiger partial charge in [-0.1, -0.05) is 6.42 Å². The number of hydrogen-bond acceptors (Lipinski definition) is 3. The lowest BCUT2D eigenvalue weighted by Gasteiger charge is -2.27. The van der Waals surface area contributed by atoms with Crippen LogP contribution in [0.4, 0.5) is 0 Å². The Hall–Kier alpha value is -0.410. The van der Waals surface area contributed by atoms with Crippen molar-refractivity contribution < 1.29 is 0 Å². The van der Waals surface area contributed by atoms with Gasteiger partial charge < -0.3 is 5.32 Å². The monoisotopic (exact) mass is 250 g/mol. The Morgan fingerprint density at radius 3 is 2.47 bits per heavy atom. The van der Waals surface area contributed by atoms with Crippen LogP contribution in [0.3, 0.4) is 0 Å². The second-order valence-electron chi connectivity index (χ2n) is 5.58. The van der Waals surface area contributed by atoms with E-state index < -0.39 is 0 Å². The zero-order valence-electron chi connectivity index (χ0n) is 10.6. The first-order chi connectivity index (χ1) is 8.36. The Balaban J connectivity index is 1.62. The number of nitrogens with one attached hydrogen (secondary N) is 1. The molecular formula is C14H22N2S. The summed E-state index contributed by atoms with van der Waals surface area (Å²) in [4.78, 5) is 4.90. The van der Waals surface area contributed by atoms with Gasteiger partial charge in [0.15, 0.2) is 0 Å². The van der Waals surface area contributed by atoms with Crippen LogP contribution in [0.1, 0.15) is 67.5 Å². The first kappa shape index (κ1) is 11.7. The molecule has 0 aromatic carbocycles. The van der Waals surface area contributed by atoms with Crippen molar-refractivity contribution in [3.8, 4) is 0 Å². The van der Waals surface area contributed by atoms with E-state index >= 15 is 0 Å². The Bertz CT molecular complexity index is 362. The van der Waals surface area contributed by atoms with Crippen LogP contribution in [0.2, 0.25) is 0 Å². The van der Waals surface area contributed by atoms with E-state index in [1.807, 2.05) is 11.3 Å². The summed E-state index contributed by atoms with van der Waals surface area (Å²) in [6.07, 6.45) is 9.43. The van der Waals surface area contributed by atoms with E-state index in [1.54, 1.807) is 0 Å². The van der Waals surface area contributed by atoms with Gasteiger partial charge in [0.25, 0.3) is 0 Å². The molecule has 0 bridgehead atoms. The third-order valence-electron chi connectivity index (χ3n) is 4.55. The van der Waals surface area contributed by atoms with Gasteiger partial charge in [0, 0.05) is 23.3 Å². The average molecular weight is 250 g/mol. The molecule has 17 heavy (non-hydrogen) atoms. The smallest absolute Gasteiger partial charge is 0.0959 e. The summed E-state index contributed by atoms with van der Waals surface area (Å²) in [6, 6.07) is 0.746. The van der Waals surface area contributed by atoms with Gasteiger partial charge >= 0.3 is 0 Å². The van der Waals surface area contributed by atoms with Gasteiger partial charge in [-0.2, -0.15) is 0 Å². The predicted octanol–water partition coefficient (Wildman–Crippen LogP) is 3.66. The van der Waals surface area contributed by atoms with Crippen molar-refractivity contribution >= 4 is 11.3 Å². The highest BCUT2D eigenvalue weighted by atomic mass is 32.1. The van der Waals surface area contributed by atoms with Gasteiger partial charge in [-0.3, -0.25) is 0 Å². The number of aromatic nitrogens is 1. The Labute approximate surface area is 108 Å². The van der Waals surface area contributed by atoms with Crippen LogP contribution in [0.25, 0.3) is 0 Å². The molecule has 94 valence electrons. The average Bonchev–Trinajstić information content (AvgIpc) is 2.76. The summed E-state index contributed by atoms with van der Waals surface area (Å²) in [7, 11) is 2.09. The standard InChI is InChI=1S/C14H22N2S/c1-15-12-7-5-10(6-8-12)13-9-17-14(16-13)11-3-2-4-11/h9-12,15H,2-8H2,1H3. The maximum Gasteiger partial charge on any atom is 0.0959 e. The summed E-state index contributed by atoms with van der Waals surface area (Å²) in [5.74, 6) is 1.55. The molecule has 3 rings (SSSR count).